The van der Waals surface area contributed by atoms with Gasteiger partial charge in [0.05, 0.1) is 6.04 Å². The van der Waals surface area contributed by atoms with Crippen molar-refractivity contribution in [3.05, 3.63) is 54.1 Å². The molecule has 0 saturated carbocycles. The minimum atomic E-state index is -0.271. The van der Waals surface area contributed by atoms with Crippen LogP contribution in [-0.4, -0.2) is 27.5 Å². The second-order valence-electron chi connectivity index (χ2n) is 4.87. The van der Waals surface area contributed by atoms with Crippen LogP contribution in [0.2, 0.25) is 0 Å². The highest BCUT2D eigenvalue weighted by atomic mass is 16.6. The molecule has 1 aliphatic rings. The molecule has 1 saturated heterocycles. The van der Waals surface area contributed by atoms with E-state index >= 15 is 0 Å². The summed E-state index contributed by atoms with van der Waals surface area (Å²) in [5, 5.41) is 0. The van der Waals surface area contributed by atoms with Gasteiger partial charge in [-0.1, -0.05) is 30.3 Å². The molecular formula is C15H17N3O2. The van der Waals surface area contributed by atoms with Gasteiger partial charge in [0.2, 0.25) is 0 Å². The van der Waals surface area contributed by atoms with Crippen molar-refractivity contribution in [2.45, 2.75) is 25.5 Å². The van der Waals surface area contributed by atoms with Gasteiger partial charge in [-0.3, -0.25) is 4.90 Å². The largest absolute Gasteiger partial charge is 0.445 e. The summed E-state index contributed by atoms with van der Waals surface area (Å²) in [4.78, 5) is 21.3. The lowest BCUT2D eigenvalue weighted by atomic mass is 10.2. The number of H-pyrrole nitrogens is 1. The molecule has 1 N–H and O–H groups in total. The molecule has 1 aromatic carbocycles. The Kier molecular flexibility index (Phi) is 3.67. The third-order valence-corrected chi connectivity index (χ3v) is 3.53. The van der Waals surface area contributed by atoms with Crippen molar-refractivity contribution in [3.8, 4) is 0 Å². The van der Waals surface area contributed by atoms with Crippen molar-refractivity contribution in [2.75, 3.05) is 6.54 Å². The molecule has 1 aromatic heterocycles. The van der Waals surface area contributed by atoms with Crippen LogP contribution in [0.1, 0.15) is 30.3 Å². The molecule has 1 atom stereocenters. The average molecular weight is 271 g/mol. The van der Waals surface area contributed by atoms with Gasteiger partial charge in [0.15, 0.2) is 0 Å². The summed E-state index contributed by atoms with van der Waals surface area (Å²) in [6, 6.07) is 9.71. The Morgan fingerprint density at radius 3 is 3.00 bits per heavy atom. The Morgan fingerprint density at radius 1 is 1.40 bits per heavy atom. The molecule has 0 bridgehead atoms. The van der Waals surface area contributed by atoms with Gasteiger partial charge in [-0.05, 0) is 18.4 Å². The molecule has 0 unspecified atom stereocenters. The highest BCUT2D eigenvalue weighted by Crippen LogP contribution is 2.30. The number of carbonyl (C=O) groups excluding carboxylic acids is 1. The van der Waals surface area contributed by atoms with E-state index in [9.17, 15) is 4.79 Å². The van der Waals surface area contributed by atoms with Gasteiger partial charge in [0.25, 0.3) is 0 Å². The lowest BCUT2D eigenvalue weighted by Crippen LogP contribution is -2.31. The molecular weight excluding hydrogens is 254 g/mol. The Hall–Kier alpha value is -2.30. The van der Waals surface area contributed by atoms with Gasteiger partial charge < -0.3 is 9.72 Å². The molecule has 0 spiro atoms. The first-order valence-corrected chi connectivity index (χ1v) is 6.81. The summed E-state index contributed by atoms with van der Waals surface area (Å²) >= 11 is 0. The monoisotopic (exact) mass is 271 g/mol. The molecule has 1 amide bonds. The molecule has 1 fully saturated rings. The quantitative estimate of drug-likeness (QED) is 0.933. The Bertz CT molecular complexity index is 554. The summed E-state index contributed by atoms with van der Waals surface area (Å²) in [5.74, 6) is 0.833. The van der Waals surface area contributed by atoms with E-state index in [1.54, 1.807) is 17.3 Å². The number of aromatic nitrogens is 2. The number of nitrogens with one attached hydrogen (secondary N) is 1. The molecule has 1 aliphatic heterocycles. The van der Waals surface area contributed by atoms with Crippen LogP contribution in [0.25, 0.3) is 0 Å². The average Bonchev–Trinajstić information content (AvgIpc) is 3.15. The highest BCUT2D eigenvalue weighted by Gasteiger charge is 2.32. The van der Waals surface area contributed by atoms with Crippen LogP contribution < -0.4 is 0 Å². The fraction of sp³-hybridized carbons (Fsp3) is 0.333. The van der Waals surface area contributed by atoms with Crippen molar-refractivity contribution in [3.63, 3.8) is 0 Å². The summed E-state index contributed by atoms with van der Waals surface area (Å²) in [6.45, 7) is 1.03. The number of likely N-dealkylation sites (tertiary alicyclic amines) is 1. The van der Waals surface area contributed by atoms with E-state index in [2.05, 4.69) is 9.97 Å². The third-order valence-electron chi connectivity index (χ3n) is 3.53. The van der Waals surface area contributed by atoms with Gasteiger partial charge >= 0.3 is 6.09 Å². The first kappa shape index (κ1) is 12.7. The summed E-state index contributed by atoms with van der Waals surface area (Å²) in [5.41, 5.74) is 0.995. The maximum absolute atomic E-state index is 12.2. The first-order valence-electron chi connectivity index (χ1n) is 6.81. The van der Waals surface area contributed by atoms with Crippen LogP contribution in [0, 0.1) is 0 Å². The summed E-state index contributed by atoms with van der Waals surface area (Å²) < 4.78 is 5.39. The number of ether oxygens (including phenoxy) is 1. The SMILES string of the molecule is O=C(OCc1ccccc1)N1CCC[C@@H]1c1ncc[nH]1. The normalized spacial score (nSPS) is 18.2. The molecule has 2 heterocycles. The van der Waals surface area contributed by atoms with Gasteiger partial charge in [0, 0.05) is 18.9 Å². The Balaban J connectivity index is 1.62. The molecule has 0 aliphatic carbocycles. The van der Waals surface area contributed by atoms with E-state index in [0.29, 0.717) is 6.61 Å². The zero-order valence-corrected chi connectivity index (χ0v) is 11.2. The van der Waals surface area contributed by atoms with Crippen LogP contribution in [0.4, 0.5) is 4.79 Å². The predicted octanol–water partition coefficient (Wildman–Crippen LogP) is 2.88. The number of rotatable bonds is 3. The van der Waals surface area contributed by atoms with Gasteiger partial charge in [-0.15, -0.1) is 0 Å². The van der Waals surface area contributed by atoms with Crippen molar-refractivity contribution >= 4 is 6.09 Å². The maximum Gasteiger partial charge on any atom is 0.410 e. The second kappa shape index (κ2) is 5.77. The molecule has 2 aromatic rings. The van der Waals surface area contributed by atoms with Crippen molar-refractivity contribution in [1.82, 2.24) is 14.9 Å². The first-order chi connectivity index (χ1) is 9.84. The van der Waals surface area contributed by atoms with Crippen molar-refractivity contribution in [1.29, 1.82) is 0 Å². The predicted molar refractivity (Wildman–Crippen MR) is 73.9 cm³/mol. The minimum absolute atomic E-state index is 0.00766. The van der Waals surface area contributed by atoms with Gasteiger partial charge in [-0.2, -0.15) is 0 Å². The lowest BCUT2D eigenvalue weighted by molar-refractivity contribution is 0.0910. The van der Waals surface area contributed by atoms with Gasteiger partial charge in [0.1, 0.15) is 12.4 Å². The van der Waals surface area contributed by atoms with E-state index in [0.717, 1.165) is 30.8 Å². The zero-order valence-electron chi connectivity index (χ0n) is 11.2. The molecule has 5 nitrogen and oxygen atoms in total. The van der Waals surface area contributed by atoms with Gasteiger partial charge in [-0.25, -0.2) is 9.78 Å². The van der Waals surface area contributed by atoms with Crippen LogP contribution >= 0.6 is 0 Å². The molecule has 104 valence electrons. The standard InChI is InChI=1S/C15H17N3O2/c19-15(20-11-12-5-2-1-3-6-12)18-10-4-7-13(18)14-16-8-9-17-14/h1-3,5-6,8-9,13H,4,7,10-11H2,(H,16,17)/t13-/m1/s1. The Labute approximate surface area is 117 Å². The topological polar surface area (TPSA) is 58.2 Å². The summed E-state index contributed by atoms with van der Waals surface area (Å²) in [6.07, 6.45) is 5.12. The summed E-state index contributed by atoms with van der Waals surface area (Å²) in [7, 11) is 0. The van der Waals surface area contributed by atoms with Crippen molar-refractivity contribution in [2.24, 2.45) is 0 Å². The number of imidazole rings is 1. The molecule has 3 rings (SSSR count). The van der Waals surface area contributed by atoms with E-state index in [-0.39, 0.29) is 12.1 Å². The fourth-order valence-electron chi connectivity index (χ4n) is 2.53. The number of benzene rings is 1. The van der Waals surface area contributed by atoms with Crippen LogP contribution in [0.5, 0.6) is 0 Å². The number of hydrogen-bond donors (Lipinski definition) is 1. The highest BCUT2D eigenvalue weighted by molar-refractivity contribution is 5.68. The maximum atomic E-state index is 12.2. The lowest BCUT2D eigenvalue weighted by Gasteiger charge is -2.22. The number of carbonyl (C=O) groups is 1. The van der Waals surface area contributed by atoms with E-state index in [1.165, 1.54) is 0 Å². The second-order valence-corrected chi connectivity index (χ2v) is 4.87. The zero-order chi connectivity index (χ0) is 13.8. The Morgan fingerprint density at radius 2 is 2.25 bits per heavy atom. The van der Waals surface area contributed by atoms with Crippen molar-refractivity contribution < 1.29 is 9.53 Å². The van der Waals surface area contributed by atoms with Crippen LogP contribution in [0.15, 0.2) is 42.7 Å². The molecule has 20 heavy (non-hydrogen) atoms. The van der Waals surface area contributed by atoms with E-state index in [4.69, 9.17) is 4.74 Å². The van der Waals surface area contributed by atoms with E-state index in [1.807, 2.05) is 30.3 Å². The molecule has 0 radical (unpaired) electrons. The van der Waals surface area contributed by atoms with Crippen LogP contribution in [0.3, 0.4) is 0 Å². The minimum Gasteiger partial charge on any atom is -0.445 e. The number of hydrogen-bond acceptors (Lipinski definition) is 3. The van der Waals surface area contributed by atoms with Crippen LogP contribution in [-0.2, 0) is 11.3 Å². The smallest absolute Gasteiger partial charge is 0.410 e. The number of amides is 1. The number of aromatic amines is 1. The van der Waals surface area contributed by atoms with E-state index < -0.39 is 0 Å². The fourth-order valence-corrected chi connectivity index (χ4v) is 2.53. The molecule has 5 heteroatoms. The third kappa shape index (κ3) is 2.66. The number of nitrogens with zero attached hydrogens (tertiary/aromatic N) is 2.